The number of hydrogen-bond donors (Lipinski definition) is 1. The fourth-order valence-electron chi connectivity index (χ4n) is 1.63. The quantitative estimate of drug-likeness (QED) is 0.898. The minimum absolute atomic E-state index is 0.0331. The van der Waals surface area contributed by atoms with Gasteiger partial charge in [-0.1, -0.05) is 35.9 Å². The van der Waals surface area contributed by atoms with Gasteiger partial charge in [0.25, 0.3) is 0 Å². The number of ether oxygens (including phenoxy) is 1. The second-order valence-corrected chi connectivity index (χ2v) is 4.39. The van der Waals surface area contributed by atoms with E-state index in [9.17, 15) is 4.39 Å². The van der Waals surface area contributed by atoms with Gasteiger partial charge in [-0.2, -0.15) is 0 Å². The summed E-state index contributed by atoms with van der Waals surface area (Å²) in [5.41, 5.74) is 6.65. The molecule has 0 aromatic heterocycles. The number of nitrogens with two attached hydrogens (primary N) is 1. The molecule has 0 aliphatic heterocycles. The van der Waals surface area contributed by atoms with Crippen LogP contribution in [0.1, 0.15) is 18.5 Å². The molecule has 2 rings (SSSR count). The molecule has 2 nitrogen and oxygen atoms in total. The fourth-order valence-corrected chi connectivity index (χ4v) is 1.80. The van der Waals surface area contributed by atoms with Crippen LogP contribution in [0, 0.1) is 5.82 Å². The predicted octanol–water partition coefficient (Wildman–Crippen LogP) is 4.29. The SMILES string of the molecule is C[C@@H](N)c1ccccc1Oc1cccc(Cl)c1F. The zero-order valence-electron chi connectivity index (χ0n) is 9.86. The van der Waals surface area contributed by atoms with Gasteiger partial charge in [-0.3, -0.25) is 0 Å². The lowest BCUT2D eigenvalue weighted by Crippen LogP contribution is -2.06. The largest absolute Gasteiger partial charge is 0.454 e. The lowest BCUT2D eigenvalue weighted by Gasteiger charge is -2.14. The highest BCUT2D eigenvalue weighted by molar-refractivity contribution is 6.30. The third-order valence-corrected chi connectivity index (χ3v) is 2.84. The second-order valence-electron chi connectivity index (χ2n) is 3.98. The molecule has 0 aliphatic rings. The molecule has 0 bridgehead atoms. The van der Waals surface area contributed by atoms with Crippen molar-refractivity contribution in [3.63, 3.8) is 0 Å². The standard InChI is InChI=1S/C14H13ClFNO/c1-9(17)10-5-2-3-7-12(10)18-13-8-4-6-11(15)14(13)16/h2-9H,17H2,1H3/t9-/m1/s1. The Bertz CT molecular complexity index is 557. The topological polar surface area (TPSA) is 35.2 Å². The first-order valence-corrected chi connectivity index (χ1v) is 5.93. The Hall–Kier alpha value is -1.58. The highest BCUT2D eigenvalue weighted by Gasteiger charge is 2.12. The summed E-state index contributed by atoms with van der Waals surface area (Å²) in [7, 11) is 0. The van der Waals surface area contributed by atoms with Gasteiger partial charge in [-0.25, -0.2) is 4.39 Å². The first-order chi connectivity index (χ1) is 8.59. The normalized spacial score (nSPS) is 12.2. The van der Waals surface area contributed by atoms with Crippen LogP contribution in [0.5, 0.6) is 11.5 Å². The van der Waals surface area contributed by atoms with E-state index >= 15 is 0 Å². The summed E-state index contributed by atoms with van der Waals surface area (Å²) in [6, 6.07) is 11.7. The van der Waals surface area contributed by atoms with Gasteiger partial charge in [0.2, 0.25) is 0 Å². The van der Waals surface area contributed by atoms with E-state index in [2.05, 4.69) is 0 Å². The average molecular weight is 266 g/mol. The van der Waals surface area contributed by atoms with E-state index in [0.29, 0.717) is 5.75 Å². The molecule has 0 amide bonds. The van der Waals surface area contributed by atoms with Crippen molar-refractivity contribution in [3.8, 4) is 11.5 Å². The van der Waals surface area contributed by atoms with Gasteiger partial charge < -0.3 is 10.5 Å². The van der Waals surface area contributed by atoms with Crippen molar-refractivity contribution < 1.29 is 9.13 Å². The third-order valence-electron chi connectivity index (χ3n) is 2.55. The Morgan fingerprint density at radius 2 is 1.78 bits per heavy atom. The minimum Gasteiger partial charge on any atom is -0.454 e. The molecule has 2 N–H and O–H groups in total. The van der Waals surface area contributed by atoms with E-state index < -0.39 is 5.82 Å². The van der Waals surface area contributed by atoms with Crippen LogP contribution >= 0.6 is 11.6 Å². The molecule has 2 aromatic rings. The van der Waals surface area contributed by atoms with Crippen molar-refractivity contribution in [2.75, 3.05) is 0 Å². The predicted molar refractivity (Wildman–Crippen MR) is 70.5 cm³/mol. The molecule has 0 aliphatic carbocycles. The van der Waals surface area contributed by atoms with Gasteiger partial charge in [0.1, 0.15) is 5.75 Å². The number of halogens is 2. The van der Waals surface area contributed by atoms with Gasteiger partial charge in [0.15, 0.2) is 11.6 Å². The molecule has 0 fully saturated rings. The molecule has 0 heterocycles. The van der Waals surface area contributed by atoms with E-state index in [-0.39, 0.29) is 16.8 Å². The molecule has 4 heteroatoms. The van der Waals surface area contributed by atoms with Crippen molar-refractivity contribution in [1.82, 2.24) is 0 Å². The number of hydrogen-bond acceptors (Lipinski definition) is 2. The summed E-state index contributed by atoms with van der Waals surface area (Å²) in [5.74, 6) is 0.0583. The monoisotopic (exact) mass is 265 g/mol. The van der Waals surface area contributed by atoms with Crippen molar-refractivity contribution in [3.05, 3.63) is 58.9 Å². The van der Waals surface area contributed by atoms with Gasteiger partial charge in [-0.15, -0.1) is 0 Å². The Morgan fingerprint density at radius 3 is 2.50 bits per heavy atom. The molecule has 2 aromatic carbocycles. The summed E-state index contributed by atoms with van der Waals surface area (Å²) < 4.78 is 19.3. The lowest BCUT2D eigenvalue weighted by molar-refractivity contribution is 0.435. The third kappa shape index (κ3) is 2.63. The summed E-state index contributed by atoms with van der Waals surface area (Å²) in [4.78, 5) is 0. The highest BCUT2D eigenvalue weighted by atomic mass is 35.5. The van der Waals surface area contributed by atoms with Gasteiger partial charge in [0, 0.05) is 11.6 Å². The van der Waals surface area contributed by atoms with Crippen LogP contribution in [0.25, 0.3) is 0 Å². The summed E-state index contributed by atoms with van der Waals surface area (Å²) in [6.07, 6.45) is 0. The molecule has 0 unspecified atom stereocenters. The second kappa shape index (κ2) is 5.38. The zero-order chi connectivity index (χ0) is 13.1. The Morgan fingerprint density at radius 1 is 1.11 bits per heavy atom. The average Bonchev–Trinajstić information content (AvgIpc) is 2.35. The molecule has 0 spiro atoms. The molecular formula is C14H13ClFNO. The van der Waals surface area contributed by atoms with Gasteiger partial charge in [0.05, 0.1) is 5.02 Å². The van der Waals surface area contributed by atoms with E-state index in [1.165, 1.54) is 12.1 Å². The van der Waals surface area contributed by atoms with E-state index in [4.69, 9.17) is 22.1 Å². The first kappa shape index (κ1) is 12.9. The summed E-state index contributed by atoms with van der Waals surface area (Å²) in [6.45, 7) is 1.84. The first-order valence-electron chi connectivity index (χ1n) is 5.56. The van der Waals surface area contributed by atoms with Crippen LogP contribution in [0.4, 0.5) is 4.39 Å². The molecular weight excluding hydrogens is 253 g/mol. The van der Waals surface area contributed by atoms with Crippen molar-refractivity contribution in [2.45, 2.75) is 13.0 Å². The zero-order valence-corrected chi connectivity index (χ0v) is 10.6. The van der Waals surface area contributed by atoms with Crippen LogP contribution in [0.15, 0.2) is 42.5 Å². The van der Waals surface area contributed by atoms with E-state index in [1.54, 1.807) is 12.1 Å². The maximum Gasteiger partial charge on any atom is 0.184 e. The Kier molecular flexibility index (Phi) is 3.84. The lowest BCUT2D eigenvalue weighted by atomic mass is 10.1. The highest BCUT2D eigenvalue weighted by Crippen LogP contribution is 2.32. The van der Waals surface area contributed by atoms with Crippen LogP contribution < -0.4 is 10.5 Å². The van der Waals surface area contributed by atoms with Gasteiger partial charge in [-0.05, 0) is 25.1 Å². The molecule has 18 heavy (non-hydrogen) atoms. The number of para-hydroxylation sites is 1. The maximum absolute atomic E-state index is 13.7. The molecule has 0 radical (unpaired) electrons. The van der Waals surface area contributed by atoms with E-state index in [0.717, 1.165) is 5.56 Å². The molecule has 1 atom stereocenters. The van der Waals surface area contributed by atoms with Crippen molar-refractivity contribution >= 4 is 11.6 Å². The summed E-state index contributed by atoms with van der Waals surface area (Å²) >= 11 is 5.70. The molecule has 0 saturated carbocycles. The van der Waals surface area contributed by atoms with Crippen LogP contribution in [0.2, 0.25) is 5.02 Å². The smallest absolute Gasteiger partial charge is 0.184 e. The van der Waals surface area contributed by atoms with Crippen LogP contribution in [-0.4, -0.2) is 0 Å². The van der Waals surface area contributed by atoms with Crippen molar-refractivity contribution in [1.29, 1.82) is 0 Å². The van der Waals surface area contributed by atoms with E-state index in [1.807, 2.05) is 25.1 Å². The number of rotatable bonds is 3. The summed E-state index contributed by atoms with van der Waals surface area (Å²) in [5, 5.41) is 0.0331. The fraction of sp³-hybridized carbons (Fsp3) is 0.143. The Labute approximate surface area is 110 Å². The van der Waals surface area contributed by atoms with Crippen molar-refractivity contribution in [2.24, 2.45) is 5.73 Å². The maximum atomic E-state index is 13.7. The number of benzene rings is 2. The van der Waals surface area contributed by atoms with Crippen LogP contribution in [-0.2, 0) is 0 Å². The van der Waals surface area contributed by atoms with Gasteiger partial charge >= 0.3 is 0 Å². The molecule has 94 valence electrons. The van der Waals surface area contributed by atoms with Crippen LogP contribution in [0.3, 0.4) is 0 Å². The minimum atomic E-state index is -0.571. The Balaban J connectivity index is 2.37. The molecule has 0 saturated heterocycles.